The zero-order chi connectivity index (χ0) is 18.6. The first kappa shape index (κ1) is 19.3. The van der Waals surface area contributed by atoms with Crippen LogP contribution in [0.25, 0.3) is 6.08 Å². The summed E-state index contributed by atoms with van der Waals surface area (Å²) in [5.74, 6) is -0.177. The van der Waals surface area contributed by atoms with E-state index in [9.17, 15) is 10.1 Å². The molecule has 0 radical (unpaired) electrons. The number of benzene rings is 2. The summed E-state index contributed by atoms with van der Waals surface area (Å²) in [5, 5.41) is 12.9. The van der Waals surface area contributed by atoms with E-state index in [0.29, 0.717) is 31.5 Å². The van der Waals surface area contributed by atoms with Gasteiger partial charge in [0.15, 0.2) is 0 Å². The van der Waals surface area contributed by atoms with Crippen LogP contribution in [-0.4, -0.2) is 13.0 Å². The van der Waals surface area contributed by atoms with Crippen LogP contribution in [0, 0.1) is 18.3 Å². The number of methoxy groups -OCH3 is 1. The molecule has 1 amide bonds. The maximum Gasteiger partial charge on any atom is 0.266 e. The number of hydrogen-bond acceptors (Lipinski definition) is 3. The lowest BCUT2D eigenvalue weighted by Gasteiger charge is -2.09. The first-order chi connectivity index (χ1) is 11.8. The topological polar surface area (TPSA) is 62.1 Å². The lowest BCUT2D eigenvalue weighted by atomic mass is 10.1. The molecule has 4 nitrogen and oxygen atoms in total. The highest BCUT2D eigenvalue weighted by Gasteiger charge is 2.14. The van der Waals surface area contributed by atoms with E-state index in [0.717, 1.165) is 5.56 Å². The Bertz CT molecular complexity index is 905. The number of halogens is 3. The summed E-state index contributed by atoms with van der Waals surface area (Å²) < 4.78 is 5.95. The summed E-state index contributed by atoms with van der Waals surface area (Å²) in [6.07, 6.45) is 1.42. The number of carbonyl (C=O) groups is 1. The Morgan fingerprint density at radius 1 is 1.28 bits per heavy atom. The second kappa shape index (κ2) is 8.39. The summed E-state index contributed by atoms with van der Waals surface area (Å²) in [7, 11) is 1.47. The van der Waals surface area contributed by atoms with Crippen LogP contribution in [0.15, 0.2) is 40.4 Å². The molecule has 0 saturated heterocycles. The van der Waals surface area contributed by atoms with Crippen molar-refractivity contribution in [3.05, 3.63) is 61.5 Å². The van der Waals surface area contributed by atoms with Crippen molar-refractivity contribution in [3.8, 4) is 11.8 Å². The highest BCUT2D eigenvalue weighted by Crippen LogP contribution is 2.33. The molecule has 0 aliphatic rings. The molecule has 0 unspecified atom stereocenters. The van der Waals surface area contributed by atoms with E-state index in [4.69, 9.17) is 27.9 Å². The van der Waals surface area contributed by atoms with Gasteiger partial charge in [-0.2, -0.15) is 5.26 Å². The highest BCUT2D eigenvalue weighted by molar-refractivity contribution is 9.10. The minimum Gasteiger partial charge on any atom is -0.495 e. The van der Waals surface area contributed by atoms with Crippen molar-refractivity contribution < 1.29 is 9.53 Å². The zero-order valence-electron chi connectivity index (χ0n) is 13.4. The van der Waals surface area contributed by atoms with Crippen molar-refractivity contribution in [2.45, 2.75) is 6.92 Å². The first-order valence-electron chi connectivity index (χ1n) is 7.08. The molecule has 2 aromatic rings. The van der Waals surface area contributed by atoms with Crippen LogP contribution in [0.4, 0.5) is 5.69 Å². The molecule has 1 N–H and O–H groups in total. The molecule has 0 aliphatic carbocycles. The van der Waals surface area contributed by atoms with Crippen LogP contribution in [0.5, 0.6) is 5.75 Å². The lowest BCUT2D eigenvalue weighted by Crippen LogP contribution is -2.13. The van der Waals surface area contributed by atoms with E-state index >= 15 is 0 Å². The average Bonchev–Trinajstić information content (AvgIpc) is 2.55. The smallest absolute Gasteiger partial charge is 0.266 e. The van der Waals surface area contributed by atoms with E-state index in [1.807, 2.05) is 13.0 Å². The zero-order valence-corrected chi connectivity index (χ0v) is 16.5. The van der Waals surface area contributed by atoms with Gasteiger partial charge in [-0.15, -0.1) is 0 Å². The standard InChI is InChI=1S/C18H13BrCl2N2O2/c1-10-3-4-14(8-15(10)20)23-18(24)12(9-22)5-11-6-13(19)7-16(21)17(11)25-2/h3-8H,1-2H3,(H,23,24)/b12-5+. The Balaban J connectivity index is 2.36. The van der Waals surface area contributed by atoms with Crippen molar-refractivity contribution in [1.82, 2.24) is 0 Å². The fourth-order valence-electron chi connectivity index (χ4n) is 2.08. The molecular formula is C18H13BrCl2N2O2. The molecule has 7 heteroatoms. The third-order valence-electron chi connectivity index (χ3n) is 3.34. The number of hydrogen-bond donors (Lipinski definition) is 1. The number of ether oxygens (including phenoxy) is 1. The quantitative estimate of drug-likeness (QED) is 0.496. The number of nitriles is 1. The number of rotatable bonds is 4. The number of anilines is 1. The van der Waals surface area contributed by atoms with Crippen LogP contribution in [0.2, 0.25) is 10.0 Å². The molecule has 0 saturated carbocycles. The molecule has 2 rings (SSSR count). The molecule has 128 valence electrons. The van der Waals surface area contributed by atoms with Gasteiger partial charge in [-0.25, -0.2) is 0 Å². The van der Waals surface area contributed by atoms with Gasteiger partial charge >= 0.3 is 0 Å². The molecular weight excluding hydrogens is 427 g/mol. The molecule has 0 aromatic heterocycles. The highest BCUT2D eigenvalue weighted by atomic mass is 79.9. The fourth-order valence-corrected chi connectivity index (χ4v) is 3.17. The van der Waals surface area contributed by atoms with Crippen LogP contribution < -0.4 is 10.1 Å². The van der Waals surface area contributed by atoms with Crippen LogP contribution in [0.3, 0.4) is 0 Å². The summed E-state index contributed by atoms with van der Waals surface area (Å²) in [4.78, 5) is 12.4. The molecule has 2 aromatic carbocycles. The molecule has 0 fully saturated rings. The van der Waals surface area contributed by atoms with Crippen molar-refractivity contribution >= 4 is 56.8 Å². The van der Waals surface area contributed by atoms with E-state index in [2.05, 4.69) is 21.2 Å². The van der Waals surface area contributed by atoms with Crippen molar-refractivity contribution in [1.29, 1.82) is 5.26 Å². The Kier molecular flexibility index (Phi) is 6.49. The van der Waals surface area contributed by atoms with E-state index in [-0.39, 0.29) is 5.57 Å². The van der Waals surface area contributed by atoms with Crippen LogP contribution in [-0.2, 0) is 4.79 Å². The van der Waals surface area contributed by atoms with Crippen molar-refractivity contribution in [2.75, 3.05) is 12.4 Å². The third-order valence-corrected chi connectivity index (χ3v) is 4.48. The Morgan fingerprint density at radius 2 is 2.00 bits per heavy atom. The number of nitrogens with one attached hydrogen (secondary N) is 1. The van der Waals surface area contributed by atoms with Crippen LogP contribution >= 0.6 is 39.1 Å². The van der Waals surface area contributed by atoms with Gasteiger partial charge in [0.1, 0.15) is 17.4 Å². The summed E-state index contributed by atoms with van der Waals surface area (Å²) in [6.45, 7) is 1.86. The molecule has 25 heavy (non-hydrogen) atoms. The Morgan fingerprint density at radius 3 is 2.60 bits per heavy atom. The van der Waals surface area contributed by atoms with E-state index in [1.54, 1.807) is 30.3 Å². The summed E-state index contributed by atoms with van der Waals surface area (Å²) >= 11 is 15.5. The van der Waals surface area contributed by atoms with Gasteiger partial charge in [0, 0.05) is 20.7 Å². The van der Waals surface area contributed by atoms with E-state index < -0.39 is 5.91 Å². The largest absolute Gasteiger partial charge is 0.495 e. The SMILES string of the molecule is COc1c(Cl)cc(Br)cc1/C=C(\C#N)C(=O)Nc1ccc(C)c(Cl)c1. The summed E-state index contributed by atoms with van der Waals surface area (Å²) in [6, 6.07) is 10.4. The lowest BCUT2D eigenvalue weighted by molar-refractivity contribution is -0.112. The first-order valence-corrected chi connectivity index (χ1v) is 8.63. The molecule has 0 bridgehead atoms. The normalized spacial score (nSPS) is 11.0. The average molecular weight is 440 g/mol. The maximum absolute atomic E-state index is 12.4. The number of aryl methyl sites for hydroxylation is 1. The number of carbonyl (C=O) groups excluding carboxylic acids is 1. The minimum atomic E-state index is -0.555. The third kappa shape index (κ3) is 4.76. The number of amides is 1. The fraction of sp³-hybridized carbons (Fsp3) is 0.111. The molecule has 0 atom stereocenters. The van der Waals surface area contributed by atoms with Gasteiger partial charge in [-0.05, 0) is 42.8 Å². The van der Waals surface area contributed by atoms with Gasteiger partial charge in [0.2, 0.25) is 0 Å². The van der Waals surface area contributed by atoms with Crippen LogP contribution in [0.1, 0.15) is 11.1 Å². The van der Waals surface area contributed by atoms with Crippen molar-refractivity contribution in [2.24, 2.45) is 0 Å². The van der Waals surface area contributed by atoms with Crippen molar-refractivity contribution in [3.63, 3.8) is 0 Å². The van der Waals surface area contributed by atoms with Gasteiger partial charge in [0.05, 0.1) is 12.1 Å². The Hall–Kier alpha value is -2.00. The second-order valence-electron chi connectivity index (χ2n) is 5.10. The predicted molar refractivity (Wildman–Crippen MR) is 104 cm³/mol. The van der Waals surface area contributed by atoms with Gasteiger partial charge in [-0.3, -0.25) is 4.79 Å². The van der Waals surface area contributed by atoms with Gasteiger partial charge in [-0.1, -0.05) is 45.2 Å². The second-order valence-corrected chi connectivity index (χ2v) is 6.83. The van der Waals surface area contributed by atoms with Gasteiger partial charge < -0.3 is 10.1 Å². The van der Waals surface area contributed by atoms with Gasteiger partial charge in [0.25, 0.3) is 5.91 Å². The monoisotopic (exact) mass is 438 g/mol. The molecule has 0 spiro atoms. The van der Waals surface area contributed by atoms with E-state index in [1.165, 1.54) is 13.2 Å². The maximum atomic E-state index is 12.4. The Labute approximate surface area is 164 Å². The molecule has 0 aliphatic heterocycles. The predicted octanol–water partition coefficient (Wildman–Crippen LogP) is 5.62. The summed E-state index contributed by atoms with van der Waals surface area (Å²) in [5.41, 5.74) is 1.81. The minimum absolute atomic E-state index is 0.0934. The number of nitrogens with zero attached hydrogens (tertiary/aromatic N) is 1. The molecule has 0 heterocycles.